The Bertz CT molecular complexity index is 1280. The Morgan fingerprint density at radius 1 is 0.912 bits per heavy atom. The Kier molecular flexibility index (Phi) is 7.12. The minimum Gasteiger partial charge on any atom is -0.396 e. The second-order valence-electron chi connectivity index (χ2n) is 7.60. The highest BCUT2D eigenvalue weighted by molar-refractivity contribution is 6.05. The van der Waals surface area contributed by atoms with Gasteiger partial charge < -0.3 is 21.2 Å². The summed E-state index contributed by atoms with van der Waals surface area (Å²) in [5, 5.41) is 2.73. The van der Waals surface area contributed by atoms with Crippen LogP contribution in [0.2, 0.25) is 0 Å². The Labute approximate surface area is 196 Å². The lowest BCUT2D eigenvalue weighted by Crippen LogP contribution is -2.14. The largest absolute Gasteiger partial charge is 0.396 e. The number of anilines is 3. The number of nitrogen functional groups attached to an aromatic ring is 2. The second-order valence-corrected chi connectivity index (χ2v) is 7.60. The number of nitrogens with zero attached hydrogens (tertiary/aromatic N) is 1. The molecule has 6 N–H and O–H groups in total. The molecule has 1 heterocycles. The molecule has 0 aliphatic carbocycles. The maximum Gasteiger partial charge on any atom is 0.258 e. The van der Waals surface area contributed by atoms with Crippen LogP contribution in [0.5, 0.6) is 0 Å². The van der Waals surface area contributed by atoms with Gasteiger partial charge in [-0.3, -0.25) is 4.79 Å². The lowest BCUT2D eigenvalue weighted by Gasteiger charge is -2.10. The van der Waals surface area contributed by atoms with E-state index in [0.29, 0.717) is 41.7 Å². The number of halogens is 1. The molecule has 4 aromatic rings. The first-order valence-electron chi connectivity index (χ1n) is 10.6. The van der Waals surface area contributed by atoms with Gasteiger partial charge in [0.05, 0.1) is 30.2 Å². The first kappa shape index (κ1) is 22.9. The summed E-state index contributed by atoms with van der Waals surface area (Å²) in [4.78, 5) is 17.1. The summed E-state index contributed by atoms with van der Waals surface area (Å²) in [5.74, 6) is 4.51. The van der Waals surface area contributed by atoms with Crippen LogP contribution >= 0.6 is 0 Å². The summed E-state index contributed by atoms with van der Waals surface area (Å²) >= 11 is 0. The molecule has 3 aromatic carbocycles. The molecule has 0 aliphatic rings. The summed E-state index contributed by atoms with van der Waals surface area (Å²) in [7, 11) is 0. The number of aromatic nitrogens is 1. The Hall–Kier alpha value is -4.27. The van der Waals surface area contributed by atoms with Crippen LogP contribution in [0.3, 0.4) is 0 Å². The van der Waals surface area contributed by atoms with Gasteiger partial charge in [0, 0.05) is 11.3 Å². The van der Waals surface area contributed by atoms with Crippen LogP contribution in [0, 0.1) is 5.82 Å². The van der Waals surface area contributed by atoms with Crippen LogP contribution in [-0.2, 0) is 18.0 Å². The van der Waals surface area contributed by atoms with Gasteiger partial charge in [-0.15, -0.1) is 0 Å². The van der Waals surface area contributed by atoms with E-state index in [4.69, 9.17) is 16.3 Å². The molecule has 0 fully saturated rings. The molecule has 4 rings (SSSR count). The van der Waals surface area contributed by atoms with E-state index in [1.54, 1.807) is 24.3 Å². The third-order valence-electron chi connectivity index (χ3n) is 5.16. The molecule has 0 bridgehead atoms. The van der Waals surface area contributed by atoms with Gasteiger partial charge in [-0.2, -0.15) is 0 Å². The van der Waals surface area contributed by atoms with Gasteiger partial charge in [-0.05, 0) is 53.6 Å². The number of nitrogens with two attached hydrogens (primary N) is 2. The number of hydrogen-bond donors (Lipinski definition) is 4. The number of hydrazine groups is 1. The number of rotatable bonds is 8. The molecule has 0 radical (unpaired) electrons. The minimum atomic E-state index is -0.639. The van der Waals surface area contributed by atoms with Crippen molar-refractivity contribution in [2.75, 3.05) is 16.5 Å². The minimum absolute atomic E-state index is 0.103. The molecule has 0 saturated carbocycles. The number of carbonyl (C=O) groups excluding carboxylic acids is 1. The summed E-state index contributed by atoms with van der Waals surface area (Å²) in [6.45, 7) is 0.953. The van der Waals surface area contributed by atoms with Crippen LogP contribution in [-0.4, -0.2) is 10.9 Å². The van der Waals surface area contributed by atoms with Crippen molar-refractivity contribution in [2.45, 2.75) is 13.2 Å². The van der Waals surface area contributed by atoms with Gasteiger partial charge in [0.1, 0.15) is 5.82 Å². The maximum absolute atomic E-state index is 14.4. The van der Waals surface area contributed by atoms with Gasteiger partial charge in [0.25, 0.3) is 5.91 Å². The van der Waals surface area contributed by atoms with Crippen LogP contribution in [0.25, 0.3) is 11.3 Å². The van der Waals surface area contributed by atoms with E-state index in [0.717, 1.165) is 11.1 Å². The zero-order chi connectivity index (χ0) is 23.9. The molecular formula is C26H24FN5O2. The number of amides is 1. The van der Waals surface area contributed by atoms with E-state index < -0.39 is 11.7 Å². The molecule has 172 valence electrons. The number of hydrogen-bond acceptors (Lipinski definition) is 6. The SMILES string of the molecule is NNc1nc(-c2ccc(F)c(C(=O)Nc3ccc(COCc4ccccc4)cc3)c2)ccc1N. The zero-order valence-corrected chi connectivity index (χ0v) is 18.3. The average Bonchev–Trinajstić information content (AvgIpc) is 2.86. The third-order valence-corrected chi connectivity index (χ3v) is 5.16. The van der Waals surface area contributed by atoms with Gasteiger partial charge in [-0.25, -0.2) is 15.2 Å². The van der Waals surface area contributed by atoms with Gasteiger partial charge >= 0.3 is 0 Å². The molecular weight excluding hydrogens is 433 g/mol. The number of nitrogens with one attached hydrogen (secondary N) is 2. The van der Waals surface area contributed by atoms with Crippen LogP contribution < -0.4 is 22.3 Å². The molecule has 1 aromatic heterocycles. The van der Waals surface area contributed by atoms with E-state index in [-0.39, 0.29) is 5.56 Å². The van der Waals surface area contributed by atoms with E-state index in [2.05, 4.69) is 15.7 Å². The van der Waals surface area contributed by atoms with E-state index in [1.807, 2.05) is 42.5 Å². The van der Waals surface area contributed by atoms with Crippen molar-refractivity contribution in [1.82, 2.24) is 4.98 Å². The normalized spacial score (nSPS) is 10.6. The van der Waals surface area contributed by atoms with E-state index in [9.17, 15) is 9.18 Å². The quantitative estimate of drug-likeness (QED) is 0.225. The average molecular weight is 458 g/mol. The highest BCUT2D eigenvalue weighted by atomic mass is 19.1. The molecule has 0 saturated heterocycles. The van der Waals surface area contributed by atoms with Crippen molar-refractivity contribution in [1.29, 1.82) is 0 Å². The standard InChI is InChI=1S/C26H24FN5O2/c27-22-11-8-19(24-13-12-23(28)25(31-24)32-29)14-21(22)26(33)30-20-9-6-18(7-10-20)16-34-15-17-4-2-1-3-5-17/h1-14H,15-16,28-29H2,(H,30,33)(H,31,32). The lowest BCUT2D eigenvalue weighted by molar-refractivity contribution is 0.102. The number of pyridine rings is 1. The van der Waals surface area contributed by atoms with Crippen molar-refractivity contribution in [3.05, 3.63) is 107 Å². The summed E-state index contributed by atoms with van der Waals surface area (Å²) in [5.41, 5.74) is 12.1. The smallest absolute Gasteiger partial charge is 0.258 e. The Morgan fingerprint density at radius 2 is 1.62 bits per heavy atom. The topological polar surface area (TPSA) is 115 Å². The second kappa shape index (κ2) is 10.6. The molecule has 0 spiro atoms. The van der Waals surface area contributed by atoms with Crippen molar-refractivity contribution >= 4 is 23.1 Å². The van der Waals surface area contributed by atoms with Gasteiger partial charge in [-0.1, -0.05) is 42.5 Å². The van der Waals surface area contributed by atoms with Crippen LogP contribution in [0.15, 0.2) is 84.9 Å². The number of benzene rings is 3. The van der Waals surface area contributed by atoms with Crippen LogP contribution in [0.1, 0.15) is 21.5 Å². The third kappa shape index (κ3) is 5.55. The molecule has 1 amide bonds. The summed E-state index contributed by atoms with van der Waals surface area (Å²) in [6, 6.07) is 24.6. The Balaban J connectivity index is 1.41. The first-order valence-corrected chi connectivity index (χ1v) is 10.6. The molecule has 8 heteroatoms. The van der Waals surface area contributed by atoms with Crippen molar-refractivity contribution < 1.29 is 13.9 Å². The Morgan fingerprint density at radius 3 is 2.32 bits per heavy atom. The fourth-order valence-electron chi connectivity index (χ4n) is 3.35. The van der Waals surface area contributed by atoms with Crippen molar-refractivity contribution in [3.63, 3.8) is 0 Å². The van der Waals surface area contributed by atoms with E-state index >= 15 is 0 Å². The monoisotopic (exact) mass is 457 g/mol. The van der Waals surface area contributed by atoms with E-state index in [1.165, 1.54) is 18.2 Å². The molecule has 34 heavy (non-hydrogen) atoms. The maximum atomic E-state index is 14.4. The highest BCUT2D eigenvalue weighted by Gasteiger charge is 2.15. The predicted molar refractivity (Wildman–Crippen MR) is 131 cm³/mol. The fourth-order valence-corrected chi connectivity index (χ4v) is 3.35. The van der Waals surface area contributed by atoms with Crippen molar-refractivity contribution in [3.8, 4) is 11.3 Å². The number of carbonyl (C=O) groups is 1. The zero-order valence-electron chi connectivity index (χ0n) is 18.3. The predicted octanol–water partition coefficient (Wildman–Crippen LogP) is 4.72. The van der Waals surface area contributed by atoms with Crippen LogP contribution in [0.4, 0.5) is 21.6 Å². The highest BCUT2D eigenvalue weighted by Crippen LogP contribution is 2.25. The lowest BCUT2D eigenvalue weighted by atomic mass is 10.1. The summed E-state index contributed by atoms with van der Waals surface area (Å²) in [6.07, 6.45) is 0. The fraction of sp³-hybridized carbons (Fsp3) is 0.0769. The molecule has 7 nitrogen and oxygen atoms in total. The molecule has 0 atom stereocenters. The molecule has 0 unspecified atom stereocenters. The summed E-state index contributed by atoms with van der Waals surface area (Å²) < 4.78 is 20.2. The number of ether oxygens (including phenoxy) is 1. The van der Waals surface area contributed by atoms with Crippen molar-refractivity contribution in [2.24, 2.45) is 5.84 Å². The first-order chi connectivity index (χ1) is 16.5. The van der Waals surface area contributed by atoms with Gasteiger partial charge in [0.15, 0.2) is 5.82 Å². The van der Waals surface area contributed by atoms with Gasteiger partial charge in [0.2, 0.25) is 0 Å². The molecule has 0 aliphatic heterocycles.